The predicted molar refractivity (Wildman–Crippen MR) is 72.0 cm³/mol. The van der Waals surface area contributed by atoms with Crippen LogP contribution in [0.5, 0.6) is 0 Å². The molecule has 0 unspecified atom stereocenters. The maximum atomic E-state index is 10.8. The highest BCUT2D eigenvalue weighted by molar-refractivity contribution is 5.91. The molecule has 0 bridgehead atoms. The number of carbonyl (C=O) groups is 1. The van der Waals surface area contributed by atoms with Crippen LogP contribution in [0.1, 0.15) is 12.5 Å². The van der Waals surface area contributed by atoms with Crippen LogP contribution in [-0.2, 0) is 6.42 Å². The lowest BCUT2D eigenvalue weighted by Crippen LogP contribution is -2.60. The summed E-state index contributed by atoms with van der Waals surface area (Å²) >= 11 is 0. The zero-order valence-electron chi connectivity index (χ0n) is 10.7. The number of amides is 2. The number of H-pyrrole nitrogens is 1. The van der Waals surface area contributed by atoms with E-state index in [1.165, 1.54) is 5.56 Å². The zero-order valence-corrected chi connectivity index (χ0v) is 10.7. The number of nitrogens with zero attached hydrogens (tertiary/aromatic N) is 3. The molecule has 3 heterocycles. The van der Waals surface area contributed by atoms with Gasteiger partial charge in [-0.15, -0.1) is 0 Å². The van der Waals surface area contributed by atoms with Crippen molar-refractivity contribution in [3.8, 4) is 0 Å². The largest absolute Gasteiger partial charge is 0.352 e. The Morgan fingerprint density at radius 3 is 3.05 bits per heavy atom. The summed E-state index contributed by atoms with van der Waals surface area (Å²) in [4.78, 5) is 24.7. The Balaban J connectivity index is 1.86. The molecule has 0 atom stereocenters. The van der Waals surface area contributed by atoms with E-state index < -0.39 is 6.03 Å². The second-order valence-corrected chi connectivity index (χ2v) is 4.70. The minimum atomic E-state index is -0.478. The molecule has 0 aromatic carbocycles. The molecule has 1 fully saturated rings. The molecule has 3 rings (SSSR count). The zero-order chi connectivity index (χ0) is 13.4. The van der Waals surface area contributed by atoms with Gasteiger partial charge in [0.05, 0.1) is 11.4 Å². The fourth-order valence-electron chi connectivity index (χ4n) is 2.47. The summed E-state index contributed by atoms with van der Waals surface area (Å²) in [5, 5.41) is 3.77. The summed E-state index contributed by atoms with van der Waals surface area (Å²) in [6.07, 6.45) is 4.46. The first-order valence-corrected chi connectivity index (χ1v) is 6.31. The van der Waals surface area contributed by atoms with Gasteiger partial charge in [0.25, 0.3) is 0 Å². The summed E-state index contributed by atoms with van der Waals surface area (Å²) in [5.41, 5.74) is 7.17. The summed E-state index contributed by atoms with van der Waals surface area (Å²) in [5.74, 6) is 0.922. The third-order valence-corrected chi connectivity index (χ3v) is 3.44. The van der Waals surface area contributed by atoms with Crippen molar-refractivity contribution in [3.63, 3.8) is 0 Å². The van der Waals surface area contributed by atoms with Gasteiger partial charge in [0.1, 0.15) is 17.8 Å². The van der Waals surface area contributed by atoms with E-state index in [2.05, 4.69) is 32.1 Å². The van der Waals surface area contributed by atoms with Gasteiger partial charge in [0.15, 0.2) is 0 Å². The van der Waals surface area contributed by atoms with E-state index in [0.29, 0.717) is 0 Å². The van der Waals surface area contributed by atoms with E-state index in [9.17, 15) is 4.79 Å². The molecule has 1 aliphatic rings. The fraction of sp³-hybridized carbons (Fsp3) is 0.417. The van der Waals surface area contributed by atoms with Crippen LogP contribution in [0.4, 0.5) is 10.6 Å². The van der Waals surface area contributed by atoms with Crippen LogP contribution in [0.15, 0.2) is 12.5 Å². The lowest BCUT2D eigenvalue weighted by atomic mass is 10.1. The molecule has 100 valence electrons. The number of hydrogen-bond acceptors (Lipinski definition) is 4. The number of urea groups is 1. The van der Waals surface area contributed by atoms with E-state index >= 15 is 0 Å². The average molecular weight is 260 g/mol. The lowest BCUT2D eigenvalue weighted by molar-refractivity contribution is 0.242. The molecule has 2 amide bonds. The van der Waals surface area contributed by atoms with Crippen LogP contribution in [-0.4, -0.2) is 40.1 Å². The van der Waals surface area contributed by atoms with E-state index in [1.54, 1.807) is 6.33 Å². The number of nitrogens with one attached hydrogen (secondary N) is 2. The number of hydrogen-bond donors (Lipinski definition) is 3. The molecule has 2 aromatic rings. The summed E-state index contributed by atoms with van der Waals surface area (Å²) < 4.78 is 0. The van der Waals surface area contributed by atoms with Crippen molar-refractivity contribution >= 4 is 22.9 Å². The number of rotatable bonds is 3. The van der Waals surface area contributed by atoms with Crippen LogP contribution in [0.3, 0.4) is 0 Å². The monoisotopic (exact) mass is 260 g/mol. The van der Waals surface area contributed by atoms with Crippen LogP contribution in [0.2, 0.25) is 0 Å². The molecule has 0 spiro atoms. The number of aryl methyl sites for hydroxylation is 1. The molecular weight excluding hydrogens is 244 g/mol. The Morgan fingerprint density at radius 1 is 1.58 bits per heavy atom. The summed E-state index contributed by atoms with van der Waals surface area (Å²) in [6.45, 7) is 3.56. The van der Waals surface area contributed by atoms with Crippen molar-refractivity contribution in [2.75, 3.05) is 18.0 Å². The Labute approximate surface area is 110 Å². The number of fused-ring (bicyclic) bond motifs is 1. The number of nitrogens with two attached hydrogens (primary N) is 1. The summed E-state index contributed by atoms with van der Waals surface area (Å²) in [7, 11) is 0. The van der Waals surface area contributed by atoms with Crippen molar-refractivity contribution in [1.29, 1.82) is 0 Å². The van der Waals surface area contributed by atoms with E-state index in [1.807, 2.05) is 6.20 Å². The van der Waals surface area contributed by atoms with Gasteiger partial charge in [0, 0.05) is 19.3 Å². The van der Waals surface area contributed by atoms with Crippen molar-refractivity contribution < 1.29 is 4.79 Å². The van der Waals surface area contributed by atoms with Crippen molar-refractivity contribution in [1.82, 2.24) is 20.3 Å². The maximum absolute atomic E-state index is 10.8. The molecule has 0 saturated carbocycles. The van der Waals surface area contributed by atoms with Crippen LogP contribution < -0.4 is 16.0 Å². The third-order valence-electron chi connectivity index (χ3n) is 3.44. The first kappa shape index (κ1) is 11.8. The second-order valence-electron chi connectivity index (χ2n) is 4.70. The van der Waals surface area contributed by atoms with E-state index in [-0.39, 0.29) is 6.04 Å². The van der Waals surface area contributed by atoms with Crippen LogP contribution >= 0.6 is 0 Å². The molecule has 1 saturated heterocycles. The molecule has 4 N–H and O–H groups in total. The van der Waals surface area contributed by atoms with E-state index in [0.717, 1.165) is 36.4 Å². The number of aromatic nitrogens is 3. The molecule has 2 aromatic heterocycles. The highest BCUT2D eigenvalue weighted by Crippen LogP contribution is 2.29. The molecule has 7 nitrogen and oxygen atoms in total. The predicted octanol–water partition coefficient (Wildman–Crippen LogP) is 0.377. The average Bonchev–Trinajstić information content (AvgIpc) is 2.76. The smallest absolute Gasteiger partial charge is 0.312 e. The van der Waals surface area contributed by atoms with Gasteiger partial charge in [-0.05, 0) is 12.0 Å². The quantitative estimate of drug-likeness (QED) is 0.742. The number of carbonyl (C=O) groups excluding carboxylic acids is 1. The van der Waals surface area contributed by atoms with Gasteiger partial charge >= 0.3 is 6.03 Å². The van der Waals surface area contributed by atoms with Crippen molar-refractivity contribution in [3.05, 3.63) is 18.1 Å². The Bertz CT molecular complexity index is 616. The molecular formula is C12H16N6O. The molecule has 0 radical (unpaired) electrons. The maximum Gasteiger partial charge on any atom is 0.312 e. The van der Waals surface area contributed by atoms with Crippen LogP contribution in [0, 0.1) is 0 Å². The summed E-state index contributed by atoms with van der Waals surface area (Å²) in [6, 6.07) is -0.375. The SMILES string of the molecule is CCc1c[nH]c2ncnc(N3CC(NC(N)=O)C3)c12. The van der Waals surface area contributed by atoms with Crippen LogP contribution in [0.25, 0.3) is 11.0 Å². The highest BCUT2D eigenvalue weighted by atomic mass is 16.2. The first-order valence-electron chi connectivity index (χ1n) is 6.31. The minimum Gasteiger partial charge on any atom is -0.352 e. The topological polar surface area (TPSA) is 99.9 Å². The Hall–Kier alpha value is -2.31. The van der Waals surface area contributed by atoms with E-state index in [4.69, 9.17) is 5.73 Å². The number of aromatic amines is 1. The normalized spacial score (nSPS) is 15.5. The fourth-order valence-corrected chi connectivity index (χ4v) is 2.47. The van der Waals surface area contributed by atoms with Crippen molar-refractivity contribution in [2.24, 2.45) is 5.73 Å². The second kappa shape index (κ2) is 4.42. The number of anilines is 1. The standard InChI is InChI=1S/C12H16N6O/c1-2-7-3-14-10-9(7)11(16-6-15-10)18-4-8(5-18)17-12(13)19/h3,6,8H,2,4-5H2,1H3,(H3,13,17,19)(H,14,15,16). The molecule has 19 heavy (non-hydrogen) atoms. The first-order chi connectivity index (χ1) is 9.19. The molecule has 0 aliphatic carbocycles. The Morgan fingerprint density at radius 2 is 2.37 bits per heavy atom. The van der Waals surface area contributed by atoms with Gasteiger partial charge in [0.2, 0.25) is 0 Å². The van der Waals surface area contributed by atoms with Crippen molar-refractivity contribution in [2.45, 2.75) is 19.4 Å². The third kappa shape index (κ3) is 1.96. The lowest BCUT2D eigenvalue weighted by Gasteiger charge is -2.40. The van der Waals surface area contributed by atoms with Gasteiger partial charge in [-0.1, -0.05) is 6.92 Å². The highest BCUT2D eigenvalue weighted by Gasteiger charge is 2.30. The van der Waals surface area contributed by atoms with Gasteiger partial charge in [-0.2, -0.15) is 0 Å². The Kier molecular flexibility index (Phi) is 2.73. The minimum absolute atomic E-state index is 0.103. The van der Waals surface area contributed by atoms with Gasteiger partial charge in [-0.3, -0.25) is 0 Å². The molecule has 7 heteroatoms. The molecule has 1 aliphatic heterocycles. The van der Waals surface area contributed by atoms with Gasteiger partial charge in [-0.25, -0.2) is 14.8 Å². The van der Waals surface area contributed by atoms with Gasteiger partial charge < -0.3 is 20.9 Å². The number of primary amides is 1.